The van der Waals surface area contributed by atoms with Gasteiger partial charge in [0.05, 0.1) is 5.39 Å². The van der Waals surface area contributed by atoms with Crippen LogP contribution in [0.25, 0.3) is 10.2 Å². The number of thiophene rings is 1. The Hall–Kier alpha value is -2.02. The Kier molecular flexibility index (Phi) is 3.12. The van der Waals surface area contributed by atoms with Gasteiger partial charge >= 0.3 is 0 Å². The molecular weight excluding hydrogens is 262 g/mol. The van der Waals surface area contributed by atoms with E-state index in [0.29, 0.717) is 18.8 Å². The van der Waals surface area contributed by atoms with Crippen LogP contribution >= 0.6 is 11.3 Å². The molecule has 0 aliphatic carbocycles. The molecule has 0 bridgehead atoms. The van der Waals surface area contributed by atoms with E-state index in [4.69, 9.17) is 4.52 Å². The summed E-state index contributed by atoms with van der Waals surface area (Å²) in [6, 6.07) is 0. The lowest BCUT2D eigenvalue weighted by atomic mass is 10.2. The van der Waals surface area contributed by atoms with Gasteiger partial charge in [-0.25, -0.2) is 9.97 Å². The van der Waals surface area contributed by atoms with Crippen molar-refractivity contribution in [1.82, 2.24) is 20.1 Å². The zero-order valence-corrected chi connectivity index (χ0v) is 11.5. The molecule has 0 spiro atoms. The van der Waals surface area contributed by atoms with Crippen LogP contribution < -0.4 is 5.32 Å². The van der Waals surface area contributed by atoms with Gasteiger partial charge in [-0.15, -0.1) is 11.3 Å². The maximum Gasteiger partial charge on any atom is 0.213 e. The van der Waals surface area contributed by atoms with Gasteiger partial charge in [-0.3, -0.25) is 0 Å². The van der Waals surface area contributed by atoms with Crippen LogP contribution in [0.3, 0.4) is 0 Å². The summed E-state index contributed by atoms with van der Waals surface area (Å²) in [4.78, 5) is 14.9. The number of aryl methyl sites for hydroxylation is 2. The standard InChI is InChI=1S/C12H13N5OS/c1-7-8(2)19-12-10(7)11(14-5-15-12)13-4-3-9-16-6-18-17-9/h5-6H,3-4H2,1-2H3,(H,13,14,15). The van der Waals surface area contributed by atoms with E-state index in [1.165, 1.54) is 16.8 Å². The number of nitrogens with zero attached hydrogens (tertiary/aromatic N) is 4. The van der Waals surface area contributed by atoms with E-state index in [1.807, 2.05) is 0 Å². The van der Waals surface area contributed by atoms with Crippen molar-refractivity contribution in [2.45, 2.75) is 20.3 Å². The minimum absolute atomic E-state index is 0.691. The van der Waals surface area contributed by atoms with Crippen molar-refractivity contribution >= 4 is 27.4 Å². The topological polar surface area (TPSA) is 76.7 Å². The van der Waals surface area contributed by atoms with E-state index in [0.717, 1.165) is 16.0 Å². The zero-order chi connectivity index (χ0) is 13.2. The summed E-state index contributed by atoms with van der Waals surface area (Å²) in [5, 5.41) is 8.20. The molecule has 0 atom stereocenters. The summed E-state index contributed by atoms with van der Waals surface area (Å²) in [6.45, 7) is 4.91. The van der Waals surface area contributed by atoms with Crippen LogP contribution in [0.5, 0.6) is 0 Å². The molecule has 3 aromatic heterocycles. The number of anilines is 1. The Labute approximate surface area is 113 Å². The summed E-state index contributed by atoms with van der Waals surface area (Å²) in [5.74, 6) is 1.56. The lowest BCUT2D eigenvalue weighted by molar-refractivity contribution is 0.410. The first kappa shape index (κ1) is 12.0. The predicted molar refractivity (Wildman–Crippen MR) is 73.4 cm³/mol. The van der Waals surface area contributed by atoms with Crippen LogP contribution in [0.15, 0.2) is 17.2 Å². The Bertz CT molecular complexity index is 692. The molecule has 19 heavy (non-hydrogen) atoms. The zero-order valence-electron chi connectivity index (χ0n) is 10.7. The number of hydrogen-bond donors (Lipinski definition) is 1. The van der Waals surface area contributed by atoms with Crippen LogP contribution in [-0.2, 0) is 6.42 Å². The van der Waals surface area contributed by atoms with Crippen molar-refractivity contribution in [2.24, 2.45) is 0 Å². The van der Waals surface area contributed by atoms with Crippen molar-refractivity contribution in [3.63, 3.8) is 0 Å². The molecule has 3 heterocycles. The minimum atomic E-state index is 0.691. The average Bonchev–Trinajstić information content (AvgIpc) is 3.00. The fourth-order valence-corrected chi connectivity index (χ4v) is 2.91. The van der Waals surface area contributed by atoms with Crippen molar-refractivity contribution in [3.8, 4) is 0 Å². The molecule has 0 aliphatic rings. The highest BCUT2D eigenvalue weighted by atomic mass is 32.1. The SMILES string of the molecule is Cc1sc2ncnc(NCCc3ncon3)c2c1C. The van der Waals surface area contributed by atoms with E-state index < -0.39 is 0 Å². The Morgan fingerprint density at radius 2 is 2.16 bits per heavy atom. The van der Waals surface area contributed by atoms with Crippen molar-refractivity contribution in [2.75, 3.05) is 11.9 Å². The van der Waals surface area contributed by atoms with E-state index in [2.05, 4.69) is 39.3 Å². The van der Waals surface area contributed by atoms with Gasteiger partial charge in [0.15, 0.2) is 5.82 Å². The largest absolute Gasteiger partial charge is 0.369 e. The predicted octanol–water partition coefficient (Wildman–Crippen LogP) is 2.35. The Morgan fingerprint density at radius 1 is 1.26 bits per heavy atom. The third kappa shape index (κ3) is 2.28. The molecule has 3 aromatic rings. The first-order valence-electron chi connectivity index (χ1n) is 5.95. The molecule has 3 rings (SSSR count). The molecule has 0 unspecified atom stereocenters. The van der Waals surface area contributed by atoms with Crippen molar-refractivity contribution in [3.05, 3.63) is 29.0 Å². The second-order valence-electron chi connectivity index (χ2n) is 4.21. The van der Waals surface area contributed by atoms with Gasteiger partial charge in [0.1, 0.15) is 17.0 Å². The van der Waals surface area contributed by atoms with Gasteiger partial charge in [-0.1, -0.05) is 5.16 Å². The summed E-state index contributed by atoms with van der Waals surface area (Å²) in [7, 11) is 0. The van der Waals surface area contributed by atoms with Gasteiger partial charge in [0, 0.05) is 17.8 Å². The molecule has 0 fully saturated rings. The highest BCUT2D eigenvalue weighted by Gasteiger charge is 2.11. The first-order chi connectivity index (χ1) is 9.25. The molecule has 0 radical (unpaired) electrons. The number of rotatable bonds is 4. The molecule has 0 saturated carbocycles. The lowest BCUT2D eigenvalue weighted by Gasteiger charge is -2.05. The molecule has 0 saturated heterocycles. The first-order valence-corrected chi connectivity index (χ1v) is 6.77. The van der Waals surface area contributed by atoms with Crippen molar-refractivity contribution in [1.29, 1.82) is 0 Å². The van der Waals surface area contributed by atoms with Crippen LogP contribution in [0.2, 0.25) is 0 Å². The maximum atomic E-state index is 4.70. The summed E-state index contributed by atoms with van der Waals surface area (Å²) in [6.07, 6.45) is 3.63. The van der Waals surface area contributed by atoms with E-state index in [1.54, 1.807) is 17.7 Å². The molecule has 0 aliphatic heterocycles. The van der Waals surface area contributed by atoms with Gasteiger partial charge in [-0.05, 0) is 19.4 Å². The average molecular weight is 275 g/mol. The smallest absolute Gasteiger partial charge is 0.213 e. The second-order valence-corrected chi connectivity index (χ2v) is 5.41. The normalized spacial score (nSPS) is 11.1. The van der Waals surface area contributed by atoms with Crippen LogP contribution in [-0.4, -0.2) is 26.7 Å². The van der Waals surface area contributed by atoms with Crippen molar-refractivity contribution < 1.29 is 4.52 Å². The van der Waals surface area contributed by atoms with E-state index in [-0.39, 0.29) is 0 Å². The number of hydrogen-bond acceptors (Lipinski definition) is 7. The molecule has 6 nitrogen and oxygen atoms in total. The Balaban J connectivity index is 1.80. The van der Waals surface area contributed by atoms with E-state index >= 15 is 0 Å². The van der Waals surface area contributed by atoms with Gasteiger partial charge in [0.2, 0.25) is 6.39 Å². The molecule has 1 N–H and O–H groups in total. The van der Waals surface area contributed by atoms with Gasteiger partial charge in [-0.2, -0.15) is 4.98 Å². The summed E-state index contributed by atoms with van der Waals surface area (Å²) >= 11 is 1.69. The van der Waals surface area contributed by atoms with Crippen LogP contribution in [0.4, 0.5) is 5.82 Å². The second kappa shape index (κ2) is 4.93. The molecule has 0 amide bonds. The molecular formula is C12H13N5OS. The summed E-state index contributed by atoms with van der Waals surface area (Å²) < 4.78 is 4.70. The van der Waals surface area contributed by atoms with E-state index in [9.17, 15) is 0 Å². The fourth-order valence-electron chi connectivity index (χ4n) is 1.91. The third-order valence-corrected chi connectivity index (χ3v) is 4.13. The third-order valence-electron chi connectivity index (χ3n) is 3.01. The lowest BCUT2D eigenvalue weighted by Crippen LogP contribution is -2.07. The maximum absolute atomic E-state index is 4.70. The highest BCUT2D eigenvalue weighted by Crippen LogP contribution is 2.32. The van der Waals surface area contributed by atoms with Gasteiger partial charge < -0.3 is 9.84 Å². The Morgan fingerprint density at radius 3 is 2.95 bits per heavy atom. The molecule has 0 aromatic carbocycles. The monoisotopic (exact) mass is 275 g/mol. The van der Waals surface area contributed by atoms with Gasteiger partial charge in [0.25, 0.3) is 0 Å². The summed E-state index contributed by atoms with van der Waals surface area (Å²) in [5.41, 5.74) is 1.24. The number of fused-ring (bicyclic) bond motifs is 1. The highest BCUT2D eigenvalue weighted by molar-refractivity contribution is 7.18. The van der Waals surface area contributed by atoms with Crippen LogP contribution in [0, 0.1) is 13.8 Å². The minimum Gasteiger partial charge on any atom is -0.369 e. The fraction of sp³-hybridized carbons (Fsp3) is 0.333. The van der Waals surface area contributed by atoms with Crippen LogP contribution in [0.1, 0.15) is 16.3 Å². The number of nitrogens with one attached hydrogen (secondary N) is 1. The molecule has 7 heteroatoms. The quantitative estimate of drug-likeness (QED) is 0.787. The molecule has 98 valence electrons. The number of aromatic nitrogens is 4.